The molecule has 1 fully saturated rings. The van der Waals surface area contributed by atoms with E-state index in [1.165, 1.54) is 54.5 Å². The van der Waals surface area contributed by atoms with E-state index in [-0.39, 0.29) is 12.4 Å². The number of nitrogens with zero attached hydrogens (tertiary/aromatic N) is 2. The Balaban J connectivity index is 0.00000210. The summed E-state index contributed by atoms with van der Waals surface area (Å²) in [6.07, 6.45) is 4.09. The standard InChI is InChI=1S/C23H28N2S.ClH/c1-24-22-13-7-6-12-20(22)21(16-25-14-8-3-9-15-25)23(24)18-26-17-19-10-4-2-5-11-19;/h2,4-7,10-13H,3,8-9,14-18H2,1H3;1H. The van der Waals surface area contributed by atoms with Crippen LogP contribution in [0.25, 0.3) is 10.9 Å². The molecule has 2 heterocycles. The van der Waals surface area contributed by atoms with Gasteiger partial charge in [0.1, 0.15) is 0 Å². The second-order valence-corrected chi connectivity index (χ2v) is 8.30. The van der Waals surface area contributed by atoms with Crippen LogP contribution in [0.15, 0.2) is 54.6 Å². The lowest BCUT2D eigenvalue weighted by atomic mass is 10.1. The summed E-state index contributed by atoms with van der Waals surface area (Å²) < 4.78 is 2.42. The zero-order chi connectivity index (χ0) is 17.8. The highest BCUT2D eigenvalue weighted by Crippen LogP contribution is 2.31. The van der Waals surface area contributed by atoms with Crippen molar-refractivity contribution in [1.29, 1.82) is 0 Å². The molecule has 0 N–H and O–H groups in total. The molecule has 1 aliphatic heterocycles. The summed E-state index contributed by atoms with van der Waals surface area (Å²) in [5, 5.41) is 1.44. The van der Waals surface area contributed by atoms with E-state index in [1.807, 2.05) is 11.8 Å². The van der Waals surface area contributed by atoms with Gasteiger partial charge in [-0.05, 0) is 43.1 Å². The number of piperidine rings is 1. The summed E-state index contributed by atoms with van der Waals surface area (Å²) in [5.74, 6) is 2.15. The Bertz CT molecular complexity index is 853. The predicted molar refractivity (Wildman–Crippen MR) is 121 cm³/mol. The summed E-state index contributed by atoms with van der Waals surface area (Å²) in [4.78, 5) is 2.65. The van der Waals surface area contributed by atoms with Gasteiger partial charge in [-0.2, -0.15) is 11.8 Å². The molecule has 0 bridgehead atoms. The molecule has 0 radical (unpaired) electrons. The first-order valence-electron chi connectivity index (χ1n) is 9.72. The third-order valence-electron chi connectivity index (χ3n) is 5.52. The van der Waals surface area contributed by atoms with Crippen molar-refractivity contribution < 1.29 is 0 Å². The lowest BCUT2D eigenvalue weighted by Crippen LogP contribution is -2.29. The third-order valence-corrected chi connectivity index (χ3v) is 6.54. The molecule has 0 amide bonds. The average molecular weight is 401 g/mol. The Morgan fingerprint density at radius 3 is 2.33 bits per heavy atom. The highest BCUT2D eigenvalue weighted by molar-refractivity contribution is 7.97. The van der Waals surface area contributed by atoms with Gasteiger partial charge in [0.15, 0.2) is 0 Å². The van der Waals surface area contributed by atoms with Crippen LogP contribution in [-0.2, 0) is 25.1 Å². The Morgan fingerprint density at radius 1 is 0.852 bits per heavy atom. The van der Waals surface area contributed by atoms with Gasteiger partial charge < -0.3 is 4.57 Å². The highest BCUT2D eigenvalue weighted by atomic mass is 35.5. The van der Waals surface area contributed by atoms with Gasteiger partial charge >= 0.3 is 0 Å². The third kappa shape index (κ3) is 4.71. The van der Waals surface area contributed by atoms with Crippen molar-refractivity contribution in [3.05, 3.63) is 71.4 Å². The van der Waals surface area contributed by atoms with E-state index in [4.69, 9.17) is 0 Å². The van der Waals surface area contributed by atoms with Crippen LogP contribution < -0.4 is 0 Å². The Morgan fingerprint density at radius 2 is 1.56 bits per heavy atom. The fourth-order valence-corrected chi connectivity index (χ4v) is 5.16. The van der Waals surface area contributed by atoms with E-state index in [0.717, 1.165) is 18.1 Å². The van der Waals surface area contributed by atoms with Crippen molar-refractivity contribution in [1.82, 2.24) is 9.47 Å². The number of benzene rings is 2. The zero-order valence-corrected chi connectivity index (χ0v) is 17.7. The lowest BCUT2D eigenvalue weighted by Gasteiger charge is -2.26. The van der Waals surface area contributed by atoms with Crippen molar-refractivity contribution in [2.24, 2.45) is 7.05 Å². The monoisotopic (exact) mass is 400 g/mol. The van der Waals surface area contributed by atoms with Gasteiger partial charge in [-0.3, -0.25) is 4.90 Å². The summed E-state index contributed by atoms with van der Waals surface area (Å²) in [5.41, 5.74) is 5.83. The molecule has 0 saturated carbocycles. The number of fused-ring (bicyclic) bond motifs is 1. The van der Waals surface area contributed by atoms with Crippen LogP contribution in [0.5, 0.6) is 0 Å². The van der Waals surface area contributed by atoms with Gasteiger partial charge in [0, 0.05) is 41.7 Å². The Labute approximate surface area is 173 Å². The van der Waals surface area contributed by atoms with Crippen LogP contribution in [0.3, 0.4) is 0 Å². The zero-order valence-electron chi connectivity index (χ0n) is 16.1. The molecule has 4 heteroatoms. The first kappa shape index (κ1) is 20.3. The number of likely N-dealkylation sites (tertiary alicyclic amines) is 1. The fraction of sp³-hybridized carbons (Fsp3) is 0.391. The second-order valence-electron chi connectivity index (χ2n) is 7.32. The fourth-order valence-electron chi connectivity index (χ4n) is 4.07. The molecule has 2 aromatic carbocycles. The maximum Gasteiger partial charge on any atom is 0.0483 e. The quantitative estimate of drug-likeness (QED) is 0.499. The first-order valence-corrected chi connectivity index (χ1v) is 10.9. The molecule has 1 aromatic heterocycles. The molecule has 0 spiro atoms. The molecule has 1 saturated heterocycles. The predicted octanol–water partition coefficient (Wildman–Crippen LogP) is 6.02. The molecule has 0 aliphatic carbocycles. The topological polar surface area (TPSA) is 8.17 Å². The van der Waals surface area contributed by atoms with Gasteiger partial charge in [-0.1, -0.05) is 55.0 Å². The van der Waals surface area contributed by atoms with Crippen LogP contribution in [-0.4, -0.2) is 22.6 Å². The largest absolute Gasteiger partial charge is 0.347 e. The number of rotatable bonds is 6. The molecule has 0 atom stereocenters. The normalized spacial score (nSPS) is 15.0. The van der Waals surface area contributed by atoms with Gasteiger partial charge in [0.05, 0.1) is 0 Å². The molecule has 2 nitrogen and oxygen atoms in total. The number of thioether (sulfide) groups is 1. The van der Waals surface area contributed by atoms with Gasteiger partial charge in [0.2, 0.25) is 0 Å². The number of halogens is 1. The second kappa shape index (κ2) is 9.68. The van der Waals surface area contributed by atoms with Gasteiger partial charge in [-0.15, -0.1) is 12.4 Å². The van der Waals surface area contributed by atoms with Crippen molar-refractivity contribution in [3.8, 4) is 0 Å². The number of aromatic nitrogens is 1. The van der Waals surface area contributed by atoms with Gasteiger partial charge in [-0.25, -0.2) is 0 Å². The van der Waals surface area contributed by atoms with Crippen LogP contribution in [0.2, 0.25) is 0 Å². The summed E-state index contributed by atoms with van der Waals surface area (Å²) in [6, 6.07) is 19.7. The van der Waals surface area contributed by atoms with Crippen molar-refractivity contribution in [3.63, 3.8) is 0 Å². The average Bonchev–Trinajstić information content (AvgIpc) is 2.96. The number of hydrogen-bond donors (Lipinski definition) is 0. The molecule has 0 unspecified atom stereocenters. The van der Waals surface area contributed by atoms with E-state index >= 15 is 0 Å². The SMILES string of the molecule is Cl.Cn1c(CSCc2ccccc2)c(CN2CCCCC2)c2ccccc21. The van der Waals surface area contributed by atoms with E-state index < -0.39 is 0 Å². The van der Waals surface area contributed by atoms with Crippen LogP contribution in [0.4, 0.5) is 0 Å². The van der Waals surface area contributed by atoms with Crippen LogP contribution in [0, 0.1) is 0 Å². The smallest absolute Gasteiger partial charge is 0.0483 e. The molecule has 3 aromatic rings. The number of para-hydroxylation sites is 1. The minimum absolute atomic E-state index is 0. The van der Waals surface area contributed by atoms with Crippen LogP contribution >= 0.6 is 24.2 Å². The summed E-state index contributed by atoms with van der Waals surface area (Å²) in [7, 11) is 2.24. The lowest BCUT2D eigenvalue weighted by molar-refractivity contribution is 0.221. The number of aryl methyl sites for hydroxylation is 1. The molecule has 27 heavy (non-hydrogen) atoms. The molecular formula is C23H29ClN2S. The maximum absolute atomic E-state index is 2.65. The van der Waals surface area contributed by atoms with Crippen molar-refractivity contribution in [2.45, 2.75) is 37.3 Å². The molecular weight excluding hydrogens is 372 g/mol. The summed E-state index contributed by atoms with van der Waals surface area (Å²) >= 11 is 2.03. The highest BCUT2D eigenvalue weighted by Gasteiger charge is 2.18. The van der Waals surface area contributed by atoms with E-state index in [1.54, 1.807) is 5.56 Å². The molecule has 144 valence electrons. The van der Waals surface area contributed by atoms with Gasteiger partial charge in [0.25, 0.3) is 0 Å². The maximum atomic E-state index is 2.65. The minimum Gasteiger partial charge on any atom is -0.347 e. The van der Waals surface area contributed by atoms with Crippen LogP contribution in [0.1, 0.15) is 36.1 Å². The van der Waals surface area contributed by atoms with E-state index in [0.29, 0.717) is 0 Å². The Hall–Kier alpha value is -1.42. The summed E-state index contributed by atoms with van der Waals surface area (Å²) in [6.45, 7) is 3.60. The van der Waals surface area contributed by atoms with Crippen molar-refractivity contribution in [2.75, 3.05) is 13.1 Å². The first-order chi connectivity index (χ1) is 12.8. The Kier molecular flexibility index (Phi) is 7.28. The number of hydrogen-bond acceptors (Lipinski definition) is 2. The van der Waals surface area contributed by atoms with Crippen molar-refractivity contribution >= 4 is 35.1 Å². The van der Waals surface area contributed by atoms with E-state index in [9.17, 15) is 0 Å². The molecule has 1 aliphatic rings. The van der Waals surface area contributed by atoms with E-state index in [2.05, 4.69) is 71.1 Å². The molecule has 4 rings (SSSR count). The minimum atomic E-state index is 0.